The first kappa shape index (κ1) is 21.0. The van der Waals surface area contributed by atoms with Crippen LogP contribution in [0.4, 0.5) is 4.39 Å². The molecule has 1 fully saturated rings. The quantitative estimate of drug-likeness (QED) is 0.406. The number of hydrogen-bond donors (Lipinski definition) is 0. The van der Waals surface area contributed by atoms with Gasteiger partial charge < -0.3 is 9.47 Å². The fraction of sp³-hybridized carbons (Fsp3) is 0.286. The van der Waals surface area contributed by atoms with Crippen LogP contribution in [0.5, 0.6) is 11.5 Å². The lowest BCUT2D eigenvalue weighted by Crippen LogP contribution is -2.35. The Balaban J connectivity index is 1.79. The molecular formula is C21H22FNO5S. The normalized spacial score (nSPS) is 15.4. The van der Waals surface area contributed by atoms with Gasteiger partial charge in [0.1, 0.15) is 22.2 Å². The van der Waals surface area contributed by atoms with Gasteiger partial charge in [-0.25, -0.2) is 17.6 Å². The van der Waals surface area contributed by atoms with Crippen molar-refractivity contribution in [3.05, 3.63) is 59.9 Å². The van der Waals surface area contributed by atoms with E-state index in [0.29, 0.717) is 18.7 Å². The molecule has 1 aliphatic rings. The number of ether oxygens (including phenoxy) is 2. The third kappa shape index (κ3) is 5.21. The Hall–Kier alpha value is -2.71. The van der Waals surface area contributed by atoms with Gasteiger partial charge in [0.2, 0.25) is 10.0 Å². The second-order valence-corrected chi connectivity index (χ2v) is 8.49. The van der Waals surface area contributed by atoms with E-state index in [2.05, 4.69) is 0 Å². The molecule has 0 amide bonds. The molecule has 154 valence electrons. The zero-order chi connectivity index (χ0) is 20.9. The van der Waals surface area contributed by atoms with E-state index in [-0.39, 0.29) is 16.4 Å². The average molecular weight is 419 g/mol. The van der Waals surface area contributed by atoms with E-state index >= 15 is 0 Å². The van der Waals surface area contributed by atoms with Gasteiger partial charge in [0.25, 0.3) is 0 Å². The molecule has 0 unspecified atom stereocenters. The summed E-state index contributed by atoms with van der Waals surface area (Å²) in [6.07, 6.45) is 5.32. The number of halogens is 1. The van der Waals surface area contributed by atoms with Gasteiger partial charge in [-0.3, -0.25) is 0 Å². The van der Waals surface area contributed by atoms with Crippen molar-refractivity contribution in [2.45, 2.75) is 24.2 Å². The molecule has 0 aliphatic carbocycles. The van der Waals surface area contributed by atoms with E-state index in [1.54, 1.807) is 12.1 Å². The molecule has 3 rings (SSSR count). The number of nitrogens with zero attached hydrogens (tertiary/aromatic N) is 1. The number of carbonyl (C=O) groups excluding carboxylic acids is 1. The Kier molecular flexibility index (Phi) is 6.66. The highest BCUT2D eigenvalue weighted by Crippen LogP contribution is 2.30. The minimum absolute atomic E-state index is 0.0657. The van der Waals surface area contributed by atoms with Crippen LogP contribution in [0.1, 0.15) is 24.8 Å². The van der Waals surface area contributed by atoms with E-state index in [0.717, 1.165) is 19.3 Å². The van der Waals surface area contributed by atoms with Crippen molar-refractivity contribution in [3.8, 4) is 11.5 Å². The number of carbonyl (C=O) groups is 1. The number of benzene rings is 2. The number of methoxy groups -OCH3 is 1. The molecule has 8 heteroatoms. The SMILES string of the molecule is COc1ccc(/C=C/C(=O)Oc2ccc(F)cc2)cc1S(=O)(=O)N1CCCCC1. The smallest absolute Gasteiger partial charge is 0.336 e. The number of esters is 1. The zero-order valence-corrected chi connectivity index (χ0v) is 16.8. The molecule has 1 saturated heterocycles. The Labute approximate surface area is 169 Å². The maximum absolute atomic E-state index is 13.0. The summed E-state index contributed by atoms with van der Waals surface area (Å²) in [5.41, 5.74) is 0.512. The van der Waals surface area contributed by atoms with Gasteiger partial charge in [-0.1, -0.05) is 12.5 Å². The lowest BCUT2D eigenvalue weighted by Gasteiger charge is -2.26. The first-order valence-corrected chi connectivity index (χ1v) is 10.7. The molecular weight excluding hydrogens is 397 g/mol. The summed E-state index contributed by atoms with van der Waals surface area (Å²) >= 11 is 0. The van der Waals surface area contributed by atoms with Gasteiger partial charge >= 0.3 is 5.97 Å². The summed E-state index contributed by atoms with van der Waals surface area (Å²) in [4.78, 5) is 12.0. The Bertz CT molecular complexity index is 996. The van der Waals surface area contributed by atoms with Crippen molar-refractivity contribution < 1.29 is 27.1 Å². The second-order valence-electron chi connectivity index (χ2n) is 6.58. The van der Waals surface area contributed by atoms with Crippen molar-refractivity contribution in [2.75, 3.05) is 20.2 Å². The van der Waals surface area contributed by atoms with E-state index in [4.69, 9.17) is 9.47 Å². The van der Waals surface area contributed by atoms with Crippen molar-refractivity contribution in [3.63, 3.8) is 0 Å². The third-order valence-corrected chi connectivity index (χ3v) is 6.48. The molecule has 0 bridgehead atoms. The van der Waals surface area contributed by atoms with Crippen LogP contribution in [0.2, 0.25) is 0 Å². The Morgan fingerprint density at radius 2 is 1.76 bits per heavy atom. The first-order chi connectivity index (χ1) is 13.9. The van der Waals surface area contributed by atoms with Crippen molar-refractivity contribution >= 4 is 22.1 Å². The second kappa shape index (κ2) is 9.19. The fourth-order valence-electron chi connectivity index (χ4n) is 3.06. The van der Waals surface area contributed by atoms with Crippen LogP contribution in [0, 0.1) is 5.82 Å². The summed E-state index contributed by atoms with van der Waals surface area (Å²) in [6.45, 7) is 0.963. The van der Waals surface area contributed by atoms with Crippen LogP contribution in [-0.2, 0) is 14.8 Å². The minimum Gasteiger partial charge on any atom is -0.495 e. The maximum atomic E-state index is 13.0. The lowest BCUT2D eigenvalue weighted by molar-refractivity contribution is -0.128. The average Bonchev–Trinajstić information content (AvgIpc) is 2.74. The van der Waals surface area contributed by atoms with Gasteiger partial charge in [0.15, 0.2) is 0 Å². The van der Waals surface area contributed by atoms with Crippen LogP contribution in [0.15, 0.2) is 53.4 Å². The van der Waals surface area contributed by atoms with E-state index < -0.39 is 21.8 Å². The van der Waals surface area contributed by atoms with Gasteiger partial charge in [-0.15, -0.1) is 0 Å². The summed E-state index contributed by atoms with van der Waals surface area (Å²) in [6, 6.07) is 9.75. The van der Waals surface area contributed by atoms with Gasteiger partial charge in [-0.05, 0) is 60.9 Å². The zero-order valence-electron chi connectivity index (χ0n) is 16.0. The number of piperidine rings is 1. The molecule has 0 N–H and O–H groups in total. The van der Waals surface area contributed by atoms with Crippen LogP contribution in [0.3, 0.4) is 0 Å². The highest BCUT2D eigenvalue weighted by molar-refractivity contribution is 7.89. The van der Waals surface area contributed by atoms with Gasteiger partial charge in [0, 0.05) is 19.2 Å². The molecule has 1 aliphatic heterocycles. The van der Waals surface area contributed by atoms with Crippen molar-refractivity contribution in [1.29, 1.82) is 0 Å². The fourth-order valence-corrected chi connectivity index (χ4v) is 4.77. The Morgan fingerprint density at radius 3 is 2.41 bits per heavy atom. The van der Waals surface area contributed by atoms with Crippen molar-refractivity contribution in [1.82, 2.24) is 4.31 Å². The predicted molar refractivity (Wildman–Crippen MR) is 107 cm³/mol. The molecule has 2 aromatic carbocycles. The third-order valence-electron chi connectivity index (χ3n) is 4.56. The van der Waals surface area contributed by atoms with Crippen LogP contribution in [0.25, 0.3) is 6.08 Å². The molecule has 0 radical (unpaired) electrons. The highest BCUT2D eigenvalue weighted by Gasteiger charge is 2.29. The van der Waals surface area contributed by atoms with Crippen LogP contribution in [-0.4, -0.2) is 38.9 Å². The number of hydrogen-bond acceptors (Lipinski definition) is 5. The predicted octanol–water partition coefficient (Wildman–Crippen LogP) is 3.63. The molecule has 0 aromatic heterocycles. The van der Waals surface area contributed by atoms with Gasteiger partial charge in [0.05, 0.1) is 7.11 Å². The first-order valence-electron chi connectivity index (χ1n) is 9.24. The summed E-state index contributed by atoms with van der Waals surface area (Å²) in [7, 11) is -2.28. The number of sulfonamides is 1. The van der Waals surface area contributed by atoms with Crippen LogP contribution >= 0.6 is 0 Å². The maximum Gasteiger partial charge on any atom is 0.336 e. The van der Waals surface area contributed by atoms with E-state index in [1.165, 1.54) is 53.9 Å². The number of rotatable bonds is 6. The summed E-state index contributed by atoms with van der Waals surface area (Å²) < 4.78 is 50.7. The Morgan fingerprint density at radius 1 is 1.07 bits per heavy atom. The molecule has 29 heavy (non-hydrogen) atoms. The lowest BCUT2D eigenvalue weighted by atomic mass is 10.2. The molecule has 0 atom stereocenters. The highest BCUT2D eigenvalue weighted by atomic mass is 32.2. The minimum atomic E-state index is -3.70. The standard InChI is InChI=1S/C21H22FNO5S/c1-27-19-11-5-16(6-12-21(24)28-18-9-7-17(22)8-10-18)15-20(19)29(25,26)23-13-3-2-4-14-23/h5-12,15H,2-4,13-14H2,1H3/b12-6+. The molecule has 6 nitrogen and oxygen atoms in total. The van der Waals surface area contributed by atoms with Crippen molar-refractivity contribution in [2.24, 2.45) is 0 Å². The molecule has 0 saturated carbocycles. The largest absolute Gasteiger partial charge is 0.495 e. The van der Waals surface area contributed by atoms with E-state index in [9.17, 15) is 17.6 Å². The molecule has 0 spiro atoms. The van der Waals surface area contributed by atoms with Gasteiger partial charge in [-0.2, -0.15) is 4.31 Å². The van der Waals surface area contributed by atoms with E-state index in [1.807, 2.05) is 0 Å². The topological polar surface area (TPSA) is 72.9 Å². The molecule has 2 aromatic rings. The summed E-state index contributed by atoms with van der Waals surface area (Å²) in [5.74, 6) is -0.625. The monoisotopic (exact) mass is 419 g/mol. The van der Waals surface area contributed by atoms with Crippen LogP contribution < -0.4 is 9.47 Å². The summed E-state index contributed by atoms with van der Waals surface area (Å²) in [5, 5.41) is 0. The molecule has 1 heterocycles.